The third kappa shape index (κ3) is 2.20. The normalized spacial score (nSPS) is 20.1. The minimum atomic E-state index is -0.0625. The van der Waals surface area contributed by atoms with Gasteiger partial charge in [-0.2, -0.15) is 0 Å². The van der Waals surface area contributed by atoms with Gasteiger partial charge < -0.3 is 11.1 Å². The molecular formula is C15H23N3O. The molecule has 1 fully saturated rings. The van der Waals surface area contributed by atoms with Crippen LogP contribution in [0.1, 0.15) is 50.7 Å². The molecule has 19 heavy (non-hydrogen) atoms. The Balaban J connectivity index is 2.16. The number of aryl methyl sites for hydroxylation is 1. The van der Waals surface area contributed by atoms with Gasteiger partial charge in [-0.3, -0.25) is 4.79 Å². The summed E-state index contributed by atoms with van der Waals surface area (Å²) in [6.07, 6.45) is 0.770. The number of carbonyl (C=O) groups excluding carboxylic acids is 1. The smallest absolute Gasteiger partial charge is 0.251 e. The Labute approximate surface area is 114 Å². The summed E-state index contributed by atoms with van der Waals surface area (Å²) >= 11 is 0. The summed E-state index contributed by atoms with van der Waals surface area (Å²) in [6.45, 7) is 10.7. The van der Waals surface area contributed by atoms with Gasteiger partial charge in [0.2, 0.25) is 0 Å². The van der Waals surface area contributed by atoms with E-state index in [0.717, 1.165) is 12.1 Å². The van der Waals surface area contributed by atoms with Gasteiger partial charge in [0.15, 0.2) is 0 Å². The van der Waals surface area contributed by atoms with Gasteiger partial charge in [-0.05, 0) is 29.4 Å². The van der Waals surface area contributed by atoms with E-state index in [2.05, 4.69) is 38.0 Å². The molecule has 1 aliphatic rings. The summed E-state index contributed by atoms with van der Waals surface area (Å²) in [5.41, 5.74) is 7.45. The van der Waals surface area contributed by atoms with Gasteiger partial charge in [0, 0.05) is 17.3 Å². The van der Waals surface area contributed by atoms with Crippen molar-refractivity contribution in [1.82, 2.24) is 10.3 Å². The van der Waals surface area contributed by atoms with E-state index in [9.17, 15) is 4.79 Å². The maximum absolute atomic E-state index is 12.3. The van der Waals surface area contributed by atoms with E-state index in [1.165, 1.54) is 0 Å². The van der Waals surface area contributed by atoms with Crippen molar-refractivity contribution < 1.29 is 4.79 Å². The summed E-state index contributed by atoms with van der Waals surface area (Å²) in [5.74, 6) is 0.339. The Morgan fingerprint density at radius 1 is 1.32 bits per heavy atom. The number of nitrogens with zero attached hydrogens (tertiary/aromatic N) is 1. The number of carbonyl (C=O) groups is 1. The van der Waals surface area contributed by atoms with Gasteiger partial charge in [-0.25, -0.2) is 4.98 Å². The molecule has 0 bridgehead atoms. The predicted octanol–water partition coefficient (Wildman–Crippen LogP) is 2.39. The van der Waals surface area contributed by atoms with Gasteiger partial charge >= 0.3 is 0 Å². The van der Waals surface area contributed by atoms with E-state index in [1.54, 1.807) is 6.07 Å². The number of pyridine rings is 1. The zero-order chi connectivity index (χ0) is 14.4. The van der Waals surface area contributed by atoms with Crippen LogP contribution in [0.2, 0.25) is 0 Å². The third-order valence-corrected chi connectivity index (χ3v) is 4.82. The zero-order valence-corrected chi connectivity index (χ0v) is 12.4. The first-order valence-electron chi connectivity index (χ1n) is 6.77. The van der Waals surface area contributed by atoms with Crippen molar-refractivity contribution >= 4 is 11.7 Å². The number of hydrogen-bond donors (Lipinski definition) is 2. The van der Waals surface area contributed by atoms with Crippen molar-refractivity contribution in [3.63, 3.8) is 0 Å². The molecule has 0 atom stereocenters. The molecule has 0 spiro atoms. The van der Waals surface area contributed by atoms with Gasteiger partial charge in [0.05, 0.1) is 0 Å². The second kappa shape index (κ2) is 4.22. The molecule has 104 valence electrons. The van der Waals surface area contributed by atoms with Crippen LogP contribution in [0.25, 0.3) is 0 Å². The van der Waals surface area contributed by atoms with Crippen LogP contribution in [0, 0.1) is 10.8 Å². The Bertz CT molecular complexity index is 506. The first-order valence-corrected chi connectivity index (χ1v) is 6.77. The Kier molecular flexibility index (Phi) is 3.07. The van der Waals surface area contributed by atoms with E-state index in [4.69, 9.17) is 5.73 Å². The second-order valence-corrected chi connectivity index (χ2v) is 6.48. The van der Waals surface area contributed by atoms with Gasteiger partial charge in [-0.1, -0.05) is 34.6 Å². The second-order valence-electron chi connectivity index (χ2n) is 6.48. The highest BCUT2D eigenvalue weighted by Gasteiger charge is 2.65. The molecule has 1 aromatic rings. The van der Waals surface area contributed by atoms with E-state index < -0.39 is 0 Å². The van der Waals surface area contributed by atoms with Crippen molar-refractivity contribution in [3.05, 3.63) is 23.4 Å². The number of aromatic nitrogens is 1. The van der Waals surface area contributed by atoms with Crippen molar-refractivity contribution in [3.8, 4) is 0 Å². The van der Waals surface area contributed by atoms with Crippen molar-refractivity contribution in [2.45, 2.75) is 47.1 Å². The molecule has 1 saturated carbocycles. The molecule has 4 nitrogen and oxygen atoms in total. The lowest BCUT2D eigenvalue weighted by Gasteiger charge is -2.08. The molecule has 1 amide bonds. The Hall–Kier alpha value is -1.58. The number of nitrogens with two attached hydrogens (primary N) is 1. The number of amides is 1. The average Bonchev–Trinajstić information content (AvgIpc) is 2.70. The topological polar surface area (TPSA) is 68.0 Å². The van der Waals surface area contributed by atoms with Gasteiger partial charge in [0.25, 0.3) is 5.91 Å². The molecule has 0 aliphatic heterocycles. The van der Waals surface area contributed by atoms with Crippen LogP contribution in [-0.4, -0.2) is 16.9 Å². The molecule has 0 saturated heterocycles. The molecule has 1 aromatic heterocycles. The van der Waals surface area contributed by atoms with Crippen LogP contribution in [-0.2, 0) is 6.42 Å². The largest absolute Gasteiger partial charge is 0.384 e. The number of nitrogen functional groups attached to an aromatic ring is 1. The lowest BCUT2D eigenvalue weighted by molar-refractivity contribution is 0.0943. The monoisotopic (exact) mass is 261 g/mol. The maximum atomic E-state index is 12.3. The molecule has 0 radical (unpaired) electrons. The highest BCUT2D eigenvalue weighted by molar-refractivity contribution is 5.95. The fourth-order valence-electron chi connectivity index (χ4n) is 2.69. The number of anilines is 1. The highest BCUT2D eigenvalue weighted by atomic mass is 16.1. The molecule has 0 unspecified atom stereocenters. The summed E-state index contributed by atoms with van der Waals surface area (Å²) in [6, 6.07) is 3.65. The number of hydrogen-bond acceptors (Lipinski definition) is 3. The molecule has 2 rings (SSSR count). The van der Waals surface area contributed by atoms with Crippen molar-refractivity contribution in [1.29, 1.82) is 0 Å². The van der Waals surface area contributed by atoms with Gasteiger partial charge in [0.1, 0.15) is 5.82 Å². The van der Waals surface area contributed by atoms with Crippen LogP contribution < -0.4 is 11.1 Å². The summed E-state index contributed by atoms with van der Waals surface area (Å²) in [7, 11) is 0. The number of rotatable bonds is 3. The minimum absolute atomic E-state index is 0.0625. The maximum Gasteiger partial charge on any atom is 0.251 e. The molecule has 0 aromatic carbocycles. The van der Waals surface area contributed by atoms with E-state index in [-0.39, 0.29) is 22.8 Å². The van der Waals surface area contributed by atoms with Crippen LogP contribution in [0.3, 0.4) is 0 Å². The molecule has 1 aliphatic carbocycles. The first-order chi connectivity index (χ1) is 8.70. The molecule has 4 heteroatoms. The van der Waals surface area contributed by atoms with Crippen molar-refractivity contribution in [2.75, 3.05) is 5.73 Å². The SMILES string of the molecule is CCc1cc(C(=O)NC2C(C)(C)C2(C)C)cc(N)n1. The van der Waals surface area contributed by atoms with Crippen LogP contribution in [0.4, 0.5) is 5.82 Å². The fraction of sp³-hybridized carbons (Fsp3) is 0.600. The van der Waals surface area contributed by atoms with Crippen molar-refractivity contribution in [2.24, 2.45) is 10.8 Å². The predicted molar refractivity (Wildman–Crippen MR) is 76.8 cm³/mol. The van der Waals surface area contributed by atoms with Crippen LogP contribution in [0.5, 0.6) is 0 Å². The Morgan fingerprint density at radius 3 is 2.37 bits per heavy atom. The van der Waals surface area contributed by atoms with E-state index in [1.807, 2.05) is 13.0 Å². The summed E-state index contributed by atoms with van der Waals surface area (Å²) in [5, 5.41) is 3.11. The lowest BCUT2D eigenvalue weighted by Crippen LogP contribution is -2.30. The van der Waals surface area contributed by atoms with E-state index >= 15 is 0 Å². The highest BCUT2D eigenvalue weighted by Crippen LogP contribution is 2.62. The summed E-state index contributed by atoms with van der Waals surface area (Å²) < 4.78 is 0. The van der Waals surface area contributed by atoms with Gasteiger partial charge in [-0.15, -0.1) is 0 Å². The van der Waals surface area contributed by atoms with E-state index in [0.29, 0.717) is 11.4 Å². The fourth-order valence-corrected chi connectivity index (χ4v) is 2.69. The minimum Gasteiger partial charge on any atom is -0.384 e. The molecular weight excluding hydrogens is 238 g/mol. The number of nitrogens with one attached hydrogen (secondary N) is 1. The van der Waals surface area contributed by atoms with Crippen LogP contribution in [0.15, 0.2) is 12.1 Å². The molecule has 1 heterocycles. The molecule has 3 N–H and O–H groups in total. The Morgan fingerprint density at radius 2 is 1.89 bits per heavy atom. The average molecular weight is 261 g/mol. The summed E-state index contributed by atoms with van der Waals surface area (Å²) in [4.78, 5) is 16.5. The lowest BCUT2D eigenvalue weighted by atomic mass is 10.0. The first kappa shape index (κ1) is 13.8. The quantitative estimate of drug-likeness (QED) is 0.878. The van der Waals surface area contributed by atoms with Crippen LogP contribution >= 0.6 is 0 Å². The zero-order valence-electron chi connectivity index (χ0n) is 12.4. The standard InChI is InChI=1S/C15H23N3O/c1-6-10-7-9(8-11(16)17-10)12(19)18-13-14(2,3)15(13,4)5/h7-8,13H,6H2,1-5H3,(H2,16,17)(H,18,19). The third-order valence-electron chi connectivity index (χ3n) is 4.82.